The number of anilines is 1. The van der Waals surface area contributed by atoms with Gasteiger partial charge in [0.2, 0.25) is 5.88 Å². The Kier molecular flexibility index (Phi) is 3.10. The summed E-state index contributed by atoms with van der Waals surface area (Å²) in [5.74, 6) is 2.72. The van der Waals surface area contributed by atoms with Crippen molar-refractivity contribution >= 4 is 17.8 Å². The van der Waals surface area contributed by atoms with Gasteiger partial charge in [-0.1, -0.05) is 6.07 Å². The number of nitrogens with zero attached hydrogens (tertiary/aromatic N) is 4. The number of ether oxygens (including phenoxy) is 1. The highest BCUT2D eigenvalue weighted by Gasteiger charge is 2.22. The standard InChI is InChI=1S/C12H14N4OS/c1-2-17-12-5-3-4-10(13-12)8-15-7-6-11(14-15)16-9-18-16/h3-7H,2,8-9H2,1H3. The lowest BCUT2D eigenvalue weighted by atomic mass is 10.3. The largest absolute Gasteiger partial charge is 0.478 e. The van der Waals surface area contributed by atoms with Gasteiger partial charge in [0, 0.05) is 18.3 Å². The quantitative estimate of drug-likeness (QED) is 0.610. The van der Waals surface area contributed by atoms with Crippen molar-refractivity contribution in [2.24, 2.45) is 0 Å². The third-order valence-corrected chi connectivity index (χ3v) is 3.24. The van der Waals surface area contributed by atoms with Crippen molar-refractivity contribution in [3.63, 3.8) is 0 Å². The number of hydrogen-bond acceptors (Lipinski definition) is 5. The molecule has 3 heterocycles. The van der Waals surface area contributed by atoms with E-state index < -0.39 is 0 Å². The van der Waals surface area contributed by atoms with Crippen LogP contribution >= 0.6 is 11.9 Å². The van der Waals surface area contributed by atoms with E-state index in [1.54, 1.807) is 11.9 Å². The van der Waals surface area contributed by atoms with Crippen LogP contribution < -0.4 is 9.04 Å². The van der Waals surface area contributed by atoms with Gasteiger partial charge in [0.1, 0.15) is 0 Å². The van der Waals surface area contributed by atoms with Crippen LogP contribution in [0.2, 0.25) is 0 Å². The van der Waals surface area contributed by atoms with E-state index in [1.807, 2.05) is 42.1 Å². The predicted molar refractivity (Wildman–Crippen MR) is 71.7 cm³/mol. The van der Waals surface area contributed by atoms with Gasteiger partial charge in [0.05, 0.1) is 24.7 Å². The molecule has 2 aromatic rings. The SMILES string of the molecule is CCOc1cccc(Cn2ccc(N3CS3)n2)n1. The molecule has 18 heavy (non-hydrogen) atoms. The van der Waals surface area contributed by atoms with E-state index >= 15 is 0 Å². The number of hydrogen-bond donors (Lipinski definition) is 0. The number of rotatable bonds is 5. The zero-order valence-electron chi connectivity index (χ0n) is 10.1. The van der Waals surface area contributed by atoms with E-state index in [-0.39, 0.29) is 0 Å². The minimum Gasteiger partial charge on any atom is -0.478 e. The minimum atomic E-state index is 0.633. The van der Waals surface area contributed by atoms with Crippen molar-refractivity contribution in [1.29, 1.82) is 0 Å². The molecule has 0 saturated carbocycles. The fourth-order valence-corrected chi connectivity index (χ4v) is 2.09. The lowest BCUT2D eigenvalue weighted by Crippen LogP contribution is -2.04. The molecular formula is C12H14N4OS. The van der Waals surface area contributed by atoms with E-state index in [9.17, 15) is 0 Å². The van der Waals surface area contributed by atoms with Crippen LogP contribution in [0.5, 0.6) is 5.88 Å². The molecule has 6 heteroatoms. The molecule has 1 aliphatic heterocycles. The molecule has 0 aliphatic carbocycles. The summed E-state index contributed by atoms with van der Waals surface area (Å²) in [6, 6.07) is 7.83. The second-order valence-electron chi connectivity index (χ2n) is 3.91. The maximum atomic E-state index is 5.39. The molecule has 0 unspecified atom stereocenters. The van der Waals surface area contributed by atoms with Crippen molar-refractivity contribution in [1.82, 2.24) is 14.8 Å². The fourth-order valence-electron chi connectivity index (χ4n) is 1.67. The Bertz CT molecular complexity index is 538. The molecule has 1 fully saturated rings. The van der Waals surface area contributed by atoms with Crippen LogP contribution in [-0.4, -0.2) is 27.2 Å². The second-order valence-corrected chi connectivity index (χ2v) is 4.87. The normalized spacial score (nSPS) is 13.7. The molecule has 0 atom stereocenters. The first-order valence-electron chi connectivity index (χ1n) is 5.88. The third-order valence-electron chi connectivity index (χ3n) is 2.54. The summed E-state index contributed by atoms with van der Waals surface area (Å²) in [5, 5.41) is 4.48. The average molecular weight is 262 g/mol. The topological polar surface area (TPSA) is 43.0 Å². The molecule has 0 amide bonds. The molecule has 0 spiro atoms. The Morgan fingerprint density at radius 1 is 1.39 bits per heavy atom. The number of aromatic nitrogens is 3. The predicted octanol–water partition coefficient (Wildman–Crippen LogP) is 2.15. The molecule has 3 rings (SSSR count). The lowest BCUT2D eigenvalue weighted by molar-refractivity contribution is 0.325. The molecule has 0 N–H and O–H groups in total. The van der Waals surface area contributed by atoms with Crippen LogP contribution in [0.25, 0.3) is 0 Å². The molecule has 0 aromatic carbocycles. The van der Waals surface area contributed by atoms with Gasteiger partial charge < -0.3 is 4.74 Å². The molecule has 1 saturated heterocycles. The van der Waals surface area contributed by atoms with Gasteiger partial charge in [0.15, 0.2) is 5.82 Å². The highest BCUT2D eigenvalue weighted by atomic mass is 32.2. The lowest BCUT2D eigenvalue weighted by Gasteiger charge is -2.05. The minimum absolute atomic E-state index is 0.633. The van der Waals surface area contributed by atoms with Gasteiger partial charge in [0.25, 0.3) is 0 Å². The maximum Gasteiger partial charge on any atom is 0.213 e. The Morgan fingerprint density at radius 2 is 2.28 bits per heavy atom. The van der Waals surface area contributed by atoms with Gasteiger partial charge in [-0.3, -0.25) is 8.99 Å². The molecule has 0 bridgehead atoms. The van der Waals surface area contributed by atoms with Crippen LogP contribution in [0.3, 0.4) is 0 Å². The first-order chi connectivity index (χ1) is 8.85. The Morgan fingerprint density at radius 3 is 3.06 bits per heavy atom. The first kappa shape index (κ1) is 11.4. The van der Waals surface area contributed by atoms with Gasteiger partial charge in [-0.2, -0.15) is 5.10 Å². The van der Waals surface area contributed by atoms with Gasteiger partial charge in [-0.15, -0.1) is 0 Å². The molecule has 0 radical (unpaired) electrons. The number of pyridine rings is 1. The zero-order chi connectivity index (χ0) is 12.4. The van der Waals surface area contributed by atoms with Crippen LogP contribution in [0, 0.1) is 0 Å². The summed E-state index contributed by atoms with van der Waals surface area (Å²) in [6.45, 7) is 3.25. The second kappa shape index (κ2) is 4.89. The Balaban J connectivity index is 1.72. The molecular weight excluding hydrogens is 248 g/mol. The fraction of sp³-hybridized carbons (Fsp3) is 0.333. The first-order valence-corrected chi connectivity index (χ1v) is 6.82. The molecule has 5 nitrogen and oxygen atoms in total. The summed E-state index contributed by atoms with van der Waals surface area (Å²) in [4.78, 5) is 4.43. The summed E-state index contributed by atoms with van der Waals surface area (Å²) in [7, 11) is 0. The maximum absolute atomic E-state index is 5.39. The van der Waals surface area contributed by atoms with Crippen molar-refractivity contribution < 1.29 is 4.74 Å². The summed E-state index contributed by atoms with van der Waals surface area (Å²) >= 11 is 1.77. The monoisotopic (exact) mass is 262 g/mol. The van der Waals surface area contributed by atoms with E-state index in [0.717, 1.165) is 17.4 Å². The summed E-state index contributed by atoms with van der Waals surface area (Å²) in [5.41, 5.74) is 0.953. The molecule has 2 aromatic heterocycles. The smallest absolute Gasteiger partial charge is 0.213 e. The summed E-state index contributed by atoms with van der Waals surface area (Å²) < 4.78 is 9.42. The van der Waals surface area contributed by atoms with Crippen molar-refractivity contribution in [2.45, 2.75) is 13.5 Å². The van der Waals surface area contributed by atoms with Crippen molar-refractivity contribution in [3.8, 4) is 5.88 Å². The van der Waals surface area contributed by atoms with Gasteiger partial charge in [-0.25, -0.2) is 4.98 Å². The van der Waals surface area contributed by atoms with E-state index in [4.69, 9.17) is 4.74 Å². The highest BCUT2D eigenvalue weighted by Crippen LogP contribution is 2.33. The Hall–Kier alpha value is -1.69. The Labute approximate surface area is 110 Å². The van der Waals surface area contributed by atoms with E-state index in [1.165, 1.54) is 0 Å². The van der Waals surface area contributed by atoms with Crippen molar-refractivity contribution in [3.05, 3.63) is 36.2 Å². The zero-order valence-corrected chi connectivity index (χ0v) is 10.9. The molecule has 1 aliphatic rings. The molecule has 94 valence electrons. The summed E-state index contributed by atoms with van der Waals surface area (Å²) in [6.07, 6.45) is 1.98. The van der Waals surface area contributed by atoms with Crippen LogP contribution in [0.1, 0.15) is 12.6 Å². The van der Waals surface area contributed by atoms with Crippen molar-refractivity contribution in [2.75, 3.05) is 16.8 Å². The highest BCUT2D eigenvalue weighted by molar-refractivity contribution is 8.07. The third kappa shape index (κ3) is 2.59. The van der Waals surface area contributed by atoms with Gasteiger partial charge >= 0.3 is 0 Å². The van der Waals surface area contributed by atoms with Gasteiger partial charge in [-0.05, 0) is 24.9 Å². The van der Waals surface area contributed by atoms with E-state index in [2.05, 4.69) is 14.4 Å². The average Bonchev–Trinajstić information content (AvgIpc) is 3.12. The van der Waals surface area contributed by atoms with E-state index in [0.29, 0.717) is 19.0 Å². The van der Waals surface area contributed by atoms with Crippen LogP contribution in [0.4, 0.5) is 5.82 Å². The van der Waals surface area contributed by atoms with Crippen LogP contribution in [0.15, 0.2) is 30.5 Å². The van der Waals surface area contributed by atoms with Crippen LogP contribution in [-0.2, 0) is 6.54 Å².